The summed E-state index contributed by atoms with van der Waals surface area (Å²) in [5.41, 5.74) is 5.89. The second-order valence-corrected chi connectivity index (χ2v) is 3.89. The average molecular weight is 210 g/mol. The molecule has 0 radical (unpaired) electrons. The van der Waals surface area contributed by atoms with Gasteiger partial charge in [0.05, 0.1) is 17.8 Å². The number of benzene rings is 1. The molecule has 1 unspecified atom stereocenters. The van der Waals surface area contributed by atoms with Crippen molar-refractivity contribution in [1.82, 2.24) is 0 Å². The van der Waals surface area contributed by atoms with Gasteiger partial charge in [0.2, 0.25) is 0 Å². The summed E-state index contributed by atoms with van der Waals surface area (Å²) < 4.78 is 18.7. The monoisotopic (exact) mass is 210 g/mol. The van der Waals surface area contributed by atoms with Crippen LogP contribution in [0.1, 0.15) is 6.42 Å². The number of nitrogens with one attached hydrogen (secondary N) is 1. The van der Waals surface area contributed by atoms with E-state index < -0.39 is 0 Å². The molecule has 4 heteroatoms. The van der Waals surface area contributed by atoms with Crippen molar-refractivity contribution >= 4 is 5.69 Å². The smallest absolute Gasteiger partial charge is 0.146 e. The quantitative estimate of drug-likeness (QED) is 0.791. The van der Waals surface area contributed by atoms with E-state index in [2.05, 4.69) is 5.32 Å². The zero-order chi connectivity index (χ0) is 10.7. The molecule has 1 aromatic rings. The second kappa shape index (κ2) is 4.16. The van der Waals surface area contributed by atoms with E-state index in [1.807, 2.05) is 0 Å². The van der Waals surface area contributed by atoms with Gasteiger partial charge in [0.25, 0.3) is 0 Å². The van der Waals surface area contributed by atoms with Gasteiger partial charge in [-0.2, -0.15) is 0 Å². The largest absolute Gasteiger partial charge is 0.379 e. The van der Waals surface area contributed by atoms with Gasteiger partial charge < -0.3 is 15.8 Å². The van der Waals surface area contributed by atoms with Crippen molar-refractivity contribution in [3.8, 4) is 0 Å². The van der Waals surface area contributed by atoms with Crippen molar-refractivity contribution in [2.45, 2.75) is 12.0 Å². The summed E-state index contributed by atoms with van der Waals surface area (Å²) in [7, 11) is 0. The zero-order valence-corrected chi connectivity index (χ0v) is 8.50. The van der Waals surface area contributed by atoms with Crippen molar-refractivity contribution in [3.63, 3.8) is 0 Å². The zero-order valence-electron chi connectivity index (χ0n) is 8.50. The first-order chi connectivity index (χ1) is 7.26. The van der Waals surface area contributed by atoms with Gasteiger partial charge in [-0.05, 0) is 18.6 Å². The Morgan fingerprint density at radius 3 is 2.87 bits per heavy atom. The molecule has 0 spiro atoms. The molecule has 0 aromatic heterocycles. The fourth-order valence-corrected chi connectivity index (χ4v) is 1.77. The third kappa shape index (κ3) is 2.11. The van der Waals surface area contributed by atoms with Crippen LogP contribution in [0.2, 0.25) is 0 Å². The number of rotatable bonds is 3. The summed E-state index contributed by atoms with van der Waals surface area (Å²) in [5.74, 6) is -0.253. The molecule has 1 aliphatic rings. The second-order valence-electron chi connectivity index (χ2n) is 3.89. The van der Waals surface area contributed by atoms with E-state index >= 15 is 0 Å². The lowest BCUT2D eigenvalue weighted by Crippen LogP contribution is -2.46. The summed E-state index contributed by atoms with van der Waals surface area (Å²) in [6.45, 7) is 1.66. The highest BCUT2D eigenvalue weighted by molar-refractivity contribution is 5.47. The van der Waals surface area contributed by atoms with Crippen LogP contribution in [0.15, 0.2) is 24.3 Å². The highest BCUT2D eigenvalue weighted by Gasteiger charge is 2.33. The van der Waals surface area contributed by atoms with Gasteiger partial charge in [0.15, 0.2) is 0 Å². The molecule has 1 atom stereocenters. The number of para-hydroxylation sites is 1. The van der Waals surface area contributed by atoms with Gasteiger partial charge in [0, 0.05) is 13.2 Å². The van der Waals surface area contributed by atoms with Crippen LogP contribution in [0.25, 0.3) is 0 Å². The predicted octanol–water partition coefficient (Wildman–Crippen LogP) is 1.36. The normalized spacial score (nSPS) is 25.5. The predicted molar refractivity (Wildman–Crippen MR) is 57.2 cm³/mol. The molecule has 82 valence electrons. The van der Waals surface area contributed by atoms with Gasteiger partial charge in [0.1, 0.15) is 5.82 Å². The lowest BCUT2D eigenvalue weighted by Gasteiger charge is -2.28. The Balaban J connectivity index is 2.16. The molecule has 0 aliphatic carbocycles. The summed E-state index contributed by atoms with van der Waals surface area (Å²) >= 11 is 0. The third-order valence-corrected chi connectivity index (χ3v) is 2.77. The Labute approximate surface area is 88.4 Å². The standard InChI is InChI=1S/C11H15FN2O/c12-9-3-1-2-4-10(9)14-11(7-13)5-6-15-8-11/h1-4,14H,5-8,13H2. The van der Waals surface area contributed by atoms with E-state index in [-0.39, 0.29) is 11.4 Å². The van der Waals surface area contributed by atoms with Crippen LogP contribution in [0.4, 0.5) is 10.1 Å². The van der Waals surface area contributed by atoms with E-state index in [1.54, 1.807) is 18.2 Å². The van der Waals surface area contributed by atoms with Crippen molar-refractivity contribution in [2.75, 3.05) is 25.1 Å². The first-order valence-corrected chi connectivity index (χ1v) is 5.06. The molecule has 1 aliphatic heterocycles. The molecule has 0 bridgehead atoms. The van der Waals surface area contributed by atoms with Crippen molar-refractivity contribution in [1.29, 1.82) is 0 Å². The van der Waals surface area contributed by atoms with Gasteiger partial charge >= 0.3 is 0 Å². The van der Waals surface area contributed by atoms with E-state index in [9.17, 15) is 4.39 Å². The van der Waals surface area contributed by atoms with Gasteiger partial charge in [-0.1, -0.05) is 12.1 Å². The average Bonchev–Trinajstić information content (AvgIpc) is 2.71. The molecule has 1 saturated heterocycles. The maximum atomic E-state index is 13.4. The molecule has 1 fully saturated rings. The van der Waals surface area contributed by atoms with E-state index in [0.717, 1.165) is 6.42 Å². The molecule has 0 amide bonds. The van der Waals surface area contributed by atoms with Crippen molar-refractivity contribution in [2.24, 2.45) is 5.73 Å². The molecular weight excluding hydrogens is 195 g/mol. The van der Waals surface area contributed by atoms with Crippen LogP contribution >= 0.6 is 0 Å². The van der Waals surface area contributed by atoms with Crippen LogP contribution in [0.3, 0.4) is 0 Å². The maximum absolute atomic E-state index is 13.4. The number of hydrogen-bond acceptors (Lipinski definition) is 3. The van der Waals surface area contributed by atoms with E-state index in [0.29, 0.717) is 25.4 Å². The third-order valence-electron chi connectivity index (χ3n) is 2.77. The van der Waals surface area contributed by atoms with Crippen molar-refractivity contribution in [3.05, 3.63) is 30.1 Å². The summed E-state index contributed by atoms with van der Waals surface area (Å²) in [4.78, 5) is 0. The lowest BCUT2D eigenvalue weighted by atomic mass is 9.98. The fraction of sp³-hybridized carbons (Fsp3) is 0.455. The number of anilines is 1. The summed E-state index contributed by atoms with van der Waals surface area (Å²) in [5, 5.41) is 3.15. The Morgan fingerprint density at radius 1 is 1.47 bits per heavy atom. The molecule has 3 nitrogen and oxygen atoms in total. The minimum Gasteiger partial charge on any atom is -0.379 e. The molecule has 1 aromatic carbocycles. The Morgan fingerprint density at radius 2 is 2.27 bits per heavy atom. The lowest BCUT2D eigenvalue weighted by molar-refractivity contribution is 0.183. The number of nitrogens with two attached hydrogens (primary N) is 1. The molecular formula is C11H15FN2O. The SMILES string of the molecule is NCC1(Nc2ccccc2F)CCOC1. The highest BCUT2D eigenvalue weighted by Crippen LogP contribution is 2.24. The van der Waals surface area contributed by atoms with E-state index in [4.69, 9.17) is 10.5 Å². The molecule has 2 rings (SSSR count). The van der Waals surface area contributed by atoms with Crippen LogP contribution < -0.4 is 11.1 Å². The van der Waals surface area contributed by atoms with Crippen LogP contribution in [-0.4, -0.2) is 25.3 Å². The highest BCUT2D eigenvalue weighted by atomic mass is 19.1. The number of hydrogen-bond donors (Lipinski definition) is 2. The Kier molecular flexibility index (Phi) is 2.88. The summed E-state index contributed by atoms with van der Waals surface area (Å²) in [6.07, 6.45) is 0.817. The van der Waals surface area contributed by atoms with Crippen molar-refractivity contribution < 1.29 is 9.13 Å². The van der Waals surface area contributed by atoms with Crippen LogP contribution in [0, 0.1) is 5.82 Å². The molecule has 15 heavy (non-hydrogen) atoms. The minimum absolute atomic E-state index is 0.253. The molecule has 3 N–H and O–H groups in total. The molecule has 1 heterocycles. The topological polar surface area (TPSA) is 47.3 Å². The first-order valence-electron chi connectivity index (χ1n) is 5.06. The van der Waals surface area contributed by atoms with Gasteiger partial charge in [-0.3, -0.25) is 0 Å². The number of halogens is 1. The minimum atomic E-state index is -0.303. The van der Waals surface area contributed by atoms with E-state index in [1.165, 1.54) is 6.07 Å². The molecule has 0 saturated carbocycles. The van der Waals surface area contributed by atoms with Crippen LogP contribution in [0.5, 0.6) is 0 Å². The van der Waals surface area contributed by atoms with Gasteiger partial charge in [-0.25, -0.2) is 4.39 Å². The maximum Gasteiger partial charge on any atom is 0.146 e. The van der Waals surface area contributed by atoms with Gasteiger partial charge in [-0.15, -0.1) is 0 Å². The Hall–Kier alpha value is -1.13. The number of ether oxygens (including phenoxy) is 1. The van der Waals surface area contributed by atoms with Crippen LogP contribution in [-0.2, 0) is 4.74 Å². The fourth-order valence-electron chi connectivity index (χ4n) is 1.77. The first kappa shape index (κ1) is 10.4. The summed E-state index contributed by atoms with van der Waals surface area (Å²) in [6, 6.07) is 6.61. The Bertz CT molecular complexity index is 337.